The molecule has 0 aromatic heterocycles. The van der Waals surface area contributed by atoms with Crippen molar-refractivity contribution in [1.29, 1.82) is 0 Å². The van der Waals surface area contributed by atoms with E-state index in [1.807, 2.05) is 4.90 Å². The second-order valence-electron chi connectivity index (χ2n) is 7.91. The smallest absolute Gasteiger partial charge is 0.233 e. The Kier molecular flexibility index (Phi) is 3.73. The van der Waals surface area contributed by atoms with Crippen molar-refractivity contribution in [2.24, 2.45) is 0 Å². The van der Waals surface area contributed by atoms with Gasteiger partial charge in [-0.3, -0.25) is 4.79 Å². The van der Waals surface area contributed by atoms with E-state index < -0.39 is 0 Å². The number of aryl methyl sites for hydroxylation is 1. The lowest BCUT2D eigenvalue weighted by Crippen LogP contribution is -2.54. The standard InChI is InChI=1S/C20H27NO3/c1-14-3-5-15(6-4-14)19(9-10-19)18(23)21-12-11-20(24-2)8-7-16(22)13-17(20)21/h3-6,16-17,22H,7-13H2,1-2H3/t16-,17+,20-/m1/s1. The highest BCUT2D eigenvalue weighted by Gasteiger charge is 2.59. The zero-order valence-corrected chi connectivity index (χ0v) is 14.6. The molecule has 1 heterocycles. The number of ether oxygens (including phenoxy) is 1. The monoisotopic (exact) mass is 329 g/mol. The van der Waals surface area contributed by atoms with E-state index >= 15 is 0 Å². The molecule has 3 aliphatic rings. The van der Waals surface area contributed by atoms with Gasteiger partial charge in [-0.1, -0.05) is 29.8 Å². The molecule has 2 saturated carbocycles. The van der Waals surface area contributed by atoms with Gasteiger partial charge in [-0.25, -0.2) is 0 Å². The third-order valence-electron chi connectivity index (χ3n) is 6.59. The zero-order chi connectivity index (χ0) is 16.9. The van der Waals surface area contributed by atoms with Crippen molar-refractivity contribution < 1.29 is 14.6 Å². The number of methoxy groups -OCH3 is 1. The van der Waals surface area contributed by atoms with Gasteiger partial charge in [0.25, 0.3) is 0 Å². The van der Waals surface area contributed by atoms with Gasteiger partial charge in [-0.15, -0.1) is 0 Å². The number of hydrogen-bond acceptors (Lipinski definition) is 3. The van der Waals surface area contributed by atoms with Gasteiger partial charge < -0.3 is 14.7 Å². The Hall–Kier alpha value is -1.39. The number of carbonyl (C=O) groups is 1. The first-order chi connectivity index (χ1) is 11.5. The Labute approximate surface area is 143 Å². The van der Waals surface area contributed by atoms with Crippen LogP contribution >= 0.6 is 0 Å². The Morgan fingerprint density at radius 1 is 1.21 bits per heavy atom. The summed E-state index contributed by atoms with van der Waals surface area (Å²) in [5, 5.41) is 10.1. The van der Waals surface area contributed by atoms with Crippen molar-refractivity contribution in [3.8, 4) is 0 Å². The van der Waals surface area contributed by atoms with E-state index in [9.17, 15) is 9.90 Å². The molecular formula is C20H27NO3. The SMILES string of the molecule is CO[C@@]12CC[C@@H](O)C[C@@H]1N(C(=O)C1(c3ccc(C)cc3)CC1)CC2. The fourth-order valence-electron chi connectivity index (χ4n) is 4.82. The van der Waals surface area contributed by atoms with Gasteiger partial charge in [-0.2, -0.15) is 0 Å². The first-order valence-corrected chi connectivity index (χ1v) is 9.12. The average molecular weight is 329 g/mol. The average Bonchev–Trinajstić information content (AvgIpc) is 3.31. The molecule has 1 amide bonds. The van der Waals surface area contributed by atoms with Crippen LogP contribution in [0.3, 0.4) is 0 Å². The van der Waals surface area contributed by atoms with Crippen LogP contribution in [0, 0.1) is 6.92 Å². The third kappa shape index (κ3) is 2.31. The summed E-state index contributed by atoms with van der Waals surface area (Å²) in [6, 6.07) is 8.42. The van der Waals surface area contributed by atoms with Gasteiger partial charge in [0.2, 0.25) is 5.91 Å². The van der Waals surface area contributed by atoms with Crippen molar-refractivity contribution in [2.75, 3.05) is 13.7 Å². The summed E-state index contributed by atoms with van der Waals surface area (Å²) in [6.07, 6.45) is 4.69. The lowest BCUT2D eigenvalue weighted by molar-refractivity contribution is -0.142. The first kappa shape index (κ1) is 16.1. The van der Waals surface area contributed by atoms with Crippen molar-refractivity contribution in [3.05, 3.63) is 35.4 Å². The number of carbonyl (C=O) groups excluding carboxylic acids is 1. The number of amides is 1. The Morgan fingerprint density at radius 3 is 2.54 bits per heavy atom. The fourth-order valence-corrected chi connectivity index (χ4v) is 4.82. The van der Waals surface area contributed by atoms with E-state index in [4.69, 9.17) is 4.74 Å². The lowest BCUT2D eigenvalue weighted by atomic mass is 9.79. The second-order valence-corrected chi connectivity index (χ2v) is 7.91. The van der Waals surface area contributed by atoms with Crippen LogP contribution in [-0.2, 0) is 14.9 Å². The van der Waals surface area contributed by atoms with E-state index in [2.05, 4.69) is 31.2 Å². The molecule has 4 heteroatoms. The number of fused-ring (bicyclic) bond motifs is 1. The number of hydrogen-bond donors (Lipinski definition) is 1. The van der Waals surface area contributed by atoms with Gasteiger partial charge in [0.05, 0.1) is 23.2 Å². The van der Waals surface area contributed by atoms with Crippen LogP contribution in [0.4, 0.5) is 0 Å². The van der Waals surface area contributed by atoms with Crippen molar-refractivity contribution in [2.45, 2.75) is 68.6 Å². The Morgan fingerprint density at radius 2 is 1.92 bits per heavy atom. The molecule has 2 aliphatic carbocycles. The number of benzene rings is 1. The molecule has 0 bridgehead atoms. The number of rotatable bonds is 3. The molecule has 0 radical (unpaired) electrons. The van der Waals surface area contributed by atoms with Crippen molar-refractivity contribution >= 4 is 5.91 Å². The molecule has 3 fully saturated rings. The lowest BCUT2D eigenvalue weighted by Gasteiger charge is -2.43. The molecule has 1 aromatic rings. The maximum absolute atomic E-state index is 13.4. The first-order valence-electron chi connectivity index (χ1n) is 9.12. The van der Waals surface area contributed by atoms with Gasteiger partial charge >= 0.3 is 0 Å². The Balaban J connectivity index is 1.61. The summed E-state index contributed by atoms with van der Waals surface area (Å²) < 4.78 is 5.88. The molecule has 4 rings (SSSR count). The van der Waals surface area contributed by atoms with Crippen LogP contribution < -0.4 is 0 Å². The summed E-state index contributed by atoms with van der Waals surface area (Å²) in [4.78, 5) is 15.4. The topological polar surface area (TPSA) is 49.8 Å². The highest BCUT2D eigenvalue weighted by atomic mass is 16.5. The molecule has 1 N–H and O–H groups in total. The van der Waals surface area contributed by atoms with Gasteiger partial charge in [0.1, 0.15) is 0 Å². The maximum atomic E-state index is 13.4. The van der Waals surface area contributed by atoms with E-state index in [1.54, 1.807) is 7.11 Å². The molecular weight excluding hydrogens is 302 g/mol. The number of likely N-dealkylation sites (tertiary alicyclic amines) is 1. The molecule has 3 atom stereocenters. The fraction of sp³-hybridized carbons (Fsp3) is 0.650. The van der Waals surface area contributed by atoms with Crippen LogP contribution in [0.25, 0.3) is 0 Å². The van der Waals surface area contributed by atoms with Gasteiger partial charge in [-0.05, 0) is 51.0 Å². The maximum Gasteiger partial charge on any atom is 0.233 e. The van der Waals surface area contributed by atoms with Crippen LogP contribution in [0.1, 0.15) is 49.7 Å². The molecule has 130 valence electrons. The number of aliphatic hydroxyl groups is 1. The van der Waals surface area contributed by atoms with Crippen LogP contribution in [0.15, 0.2) is 24.3 Å². The summed E-state index contributed by atoms with van der Waals surface area (Å²) >= 11 is 0. The van der Waals surface area contributed by atoms with Crippen LogP contribution in [-0.4, -0.2) is 47.3 Å². The van der Waals surface area contributed by atoms with Gasteiger partial charge in [0, 0.05) is 13.7 Å². The molecule has 24 heavy (non-hydrogen) atoms. The predicted octanol–water partition coefficient (Wildman–Crippen LogP) is 2.56. The number of aliphatic hydroxyl groups excluding tert-OH is 1. The summed E-state index contributed by atoms with van der Waals surface area (Å²) in [5.41, 5.74) is 1.78. The van der Waals surface area contributed by atoms with E-state index in [0.717, 1.165) is 44.2 Å². The largest absolute Gasteiger partial charge is 0.393 e. The molecule has 1 aromatic carbocycles. The highest BCUT2D eigenvalue weighted by Crippen LogP contribution is 2.52. The highest BCUT2D eigenvalue weighted by molar-refractivity contribution is 5.92. The molecule has 0 spiro atoms. The summed E-state index contributed by atoms with van der Waals surface area (Å²) in [7, 11) is 1.76. The normalized spacial score (nSPS) is 34.0. The minimum Gasteiger partial charge on any atom is -0.393 e. The molecule has 4 nitrogen and oxygen atoms in total. The third-order valence-corrected chi connectivity index (χ3v) is 6.59. The minimum absolute atomic E-state index is 0.0154. The van der Waals surface area contributed by atoms with Crippen molar-refractivity contribution in [1.82, 2.24) is 4.90 Å². The van der Waals surface area contributed by atoms with E-state index in [0.29, 0.717) is 6.42 Å². The molecule has 1 aliphatic heterocycles. The van der Waals surface area contributed by atoms with E-state index in [1.165, 1.54) is 5.56 Å². The zero-order valence-electron chi connectivity index (χ0n) is 14.6. The second kappa shape index (κ2) is 5.57. The number of nitrogens with zero attached hydrogens (tertiary/aromatic N) is 1. The quantitative estimate of drug-likeness (QED) is 0.927. The predicted molar refractivity (Wildman–Crippen MR) is 91.8 cm³/mol. The summed E-state index contributed by atoms with van der Waals surface area (Å²) in [6.45, 7) is 2.82. The van der Waals surface area contributed by atoms with E-state index in [-0.39, 0.29) is 29.1 Å². The molecule has 0 unspecified atom stereocenters. The summed E-state index contributed by atoms with van der Waals surface area (Å²) in [5.74, 6) is 0.240. The van der Waals surface area contributed by atoms with Crippen molar-refractivity contribution in [3.63, 3.8) is 0 Å². The van der Waals surface area contributed by atoms with Crippen LogP contribution in [0.2, 0.25) is 0 Å². The van der Waals surface area contributed by atoms with Crippen LogP contribution in [0.5, 0.6) is 0 Å². The Bertz CT molecular complexity index is 637. The van der Waals surface area contributed by atoms with Gasteiger partial charge in [0.15, 0.2) is 0 Å². The minimum atomic E-state index is -0.333. The molecule has 1 saturated heterocycles.